The predicted molar refractivity (Wildman–Crippen MR) is 83.6 cm³/mol. The first-order chi connectivity index (χ1) is 9.42. The molecule has 0 fully saturated rings. The molecule has 0 aromatic heterocycles. The van der Waals surface area contributed by atoms with E-state index < -0.39 is 0 Å². The molecular formula is C15H23ClN2O2. The number of methoxy groups -OCH3 is 1. The molecule has 0 atom stereocenters. The molecule has 4 nitrogen and oxygen atoms in total. The summed E-state index contributed by atoms with van der Waals surface area (Å²) >= 11 is 5.93. The molecule has 0 saturated heterocycles. The van der Waals surface area contributed by atoms with Gasteiger partial charge in [-0.15, -0.1) is 0 Å². The second-order valence-electron chi connectivity index (χ2n) is 5.31. The van der Waals surface area contributed by atoms with Gasteiger partial charge in [-0.25, -0.2) is 0 Å². The van der Waals surface area contributed by atoms with Crippen LogP contribution in [0.25, 0.3) is 0 Å². The Morgan fingerprint density at radius 2 is 2.15 bits per heavy atom. The average Bonchev–Trinajstić information content (AvgIpc) is 2.36. The first kappa shape index (κ1) is 16.8. The number of amides is 1. The van der Waals surface area contributed by atoms with E-state index in [1.54, 1.807) is 25.3 Å². The van der Waals surface area contributed by atoms with Crippen molar-refractivity contribution in [3.63, 3.8) is 0 Å². The van der Waals surface area contributed by atoms with Crippen molar-refractivity contribution in [3.05, 3.63) is 23.2 Å². The highest BCUT2D eigenvalue weighted by Crippen LogP contribution is 2.27. The molecule has 0 radical (unpaired) electrons. The molecule has 0 bridgehead atoms. The quantitative estimate of drug-likeness (QED) is 0.840. The van der Waals surface area contributed by atoms with Crippen LogP contribution >= 0.6 is 11.6 Å². The third-order valence-electron chi connectivity index (χ3n) is 2.94. The minimum Gasteiger partial charge on any atom is -0.495 e. The van der Waals surface area contributed by atoms with Gasteiger partial charge < -0.3 is 10.1 Å². The fraction of sp³-hybridized carbons (Fsp3) is 0.533. The number of anilines is 1. The van der Waals surface area contributed by atoms with Gasteiger partial charge in [-0.05, 0) is 44.1 Å². The average molecular weight is 299 g/mol. The van der Waals surface area contributed by atoms with Gasteiger partial charge >= 0.3 is 0 Å². The third kappa shape index (κ3) is 5.80. The number of nitrogens with one attached hydrogen (secondary N) is 1. The number of rotatable bonds is 7. The van der Waals surface area contributed by atoms with Crippen LogP contribution in [0.1, 0.15) is 20.3 Å². The van der Waals surface area contributed by atoms with Crippen molar-refractivity contribution in [2.24, 2.45) is 5.92 Å². The number of hydrogen-bond donors (Lipinski definition) is 1. The van der Waals surface area contributed by atoms with Crippen LogP contribution < -0.4 is 10.1 Å². The normalized spacial score (nSPS) is 10.9. The van der Waals surface area contributed by atoms with Gasteiger partial charge in [0.1, 0.15) is 5.75 Å². The van der Waals surface area contributed by atoms with E-state index in [0.717, 1.165) is 13.0 Å². The number of hydrogen-bond acceptors (Lipinski definition) is 3. The van der Waals surface area contributed by atoms with Crippen LogP contribution in [0.2, 0.25) is 5.02 Å². The van der Waals surface area contributed by atoms with Gasteiger partial charge in [0.25, 0.3) is 0 Å². The van der Waals surface area contributed by atoms with Crippen LogP contribution in [0.4, 0.5) is 5.69 Å². The monoisotopic (exact) mass is 298 g/mol. The Morgan fingerprint density at radius 3 is 2.75 bits per heavy atom. The van der Waals surface area contributed by atoms with Gasteiger partial charge in [-0.1, -0.05) is 25.4 Å². The fourth-order valence-electron chi connectivity index (χ4n) is 1.77. The zero-order valence-corrected chi connectivity index (χ0v) is 13.3. The zero-order valence-electron chi connectivity index (χ0n) is 12.6. The molecular weight excluding hydrogens is 276 g/mol. The summed E-state index contributed by atoms with van der Waals surface area (Å²) < 4.78 is 5.20. The van der Waals surface area contributed by atoms with Crippen LogP contribution in [0.15, 0.2) is 18.2 Å². The van der Waals surface area contributed by atoms with Gasteiger partial charge in [0.2, 0.25) is 5.91 Å². The van der Waals surface area contributed by atoms with Crippen LogP contribution in [-0.2, 0) is 4.79 Å². The largest absolute Gasteiger partial charge is 0.495 e. The first-order valence-electron chi connectivity index (χ1n) is 6.74. The van der Waals surface area contributed by atoms with Crippen LogP contribution in [0.3, 0.4) is 0 Å². The number of carbonyl (C=O) groups excluding carboxylic acids is 1. The smallest absolute Gasteiger partial charge is 0.238 e. The highest BCUT2D eigenvalue weighted by molar-refractivity contribution is 6.31. The third-order valence-corrected chi connectivity index (χ3v) is 3.17. The lowest BCUT2D eigenvalue weighted by Gasteiger charge is -2.18. The van der Waals surface area contributed by atoms with Gasteiger partial charge in [0.05, 0.1) is 19.3 Å². The van der Waals surface area contributed by atoms with Crippen molar-refractivity contribution in [1.29, 1.82) is 0 Å². The molecule has 0 spiro atoms. The lowest BCUT2D eigenvalue weighted by Crippen LogP contribution is -2.31. The molecule has 0 heterocycles. The summed E-state index contributed by atoms with van der Waals surface area (Å²) in [5.41, 5.74) is 0.599. The molecule has 112 valence electrons. The van der Waals surface area contributed by atoms with Crippen molar-refractivity contribution < 1.29 is 9.53 Å². The Labute approximate surface area is 126 Å². The van der Waals surface area contributed by atoms with Gasteiger partial charge in [-0.2, -0.15) is 0 Å². The number of benzene rings is 1. The van der Waals surface area contributed by atoms with Crippen molar-refractivity contribution in [1.82, 2.24) is 4.90 Å². The summed E-state index contributed by atoms with van der Waals surface area (Å²) in [5, 5.41) is 3.39. The molecule has 0 unspecified atom stereocenters. The maximum absolute atomic E-state index is 12.0. The second kappa shape index (κ2) is 8.12. The van der Waals surface area contributed by atoms with Crippen molar-refractivity contribution in [2.75, 3.05) is 32.6 Å². The number of carbonyl (C=O) groups is 1. The van der Waals surface area contributed by atoms with Crippen molar-refractivity contribution in [2.45, 2.75) is 20.3 Å². The molecule has 20 heavy (non-hydrogen) atoms. The van der Waals surface area contributed by atoms with E-state index in [-0.39, 0.29) is 5.91 Å². The second-order valence-corrected chi connectivity index (χ2v) is 5.75. The number of likely N-dealkylation sites (N-methyl/N-ethyl adjacent to an activating group) is 1. The maximum Gasteiger partial charge on any atom is 0.238 e. The Morgan fingerprint density at radius 1 is 1.45 bits per heavy atom. The molecule has 0 aliphatic heterocycles. The van der Waals surface area contributed by atoms with Crippen molar-refractivity contribution in [3.8, 4) is 5.75 Å². The molecule has 5 heteroatoms. The highest BCUT2D eigenvalue weighted by Gasteiger charge is 2.11. The Bertz CT molecular complexity index is 449. The molecule has 1 rings (SSSR count). The maximum atomic E-state index is 12.0. The highest BCUT2D eigenvalue weighted by atomic mass is 35.5. The summed E-state index contributed by atoms with van der Waals surface area (Å²) in [6.45, 7) is 5.59. The molecule has 1 amide bonds. The van der Waals surface area contributed by atoms with E-state index in [0.29, 0.717) is 28.9 Å². The summed E-state index contributed by atoms with van der Waals surface area (Å²) in [6.07, 6.45) is 1.07. The summed E-state index contributed by atoms with van der Waals surface area (Å²) in [7, 11) is 3.50. The molecule has 0 saturated carbocycles. The summed E-state index contributed by atoms with van der Waals surface area (Å²) in [5.74, 6) is 1.16. The van der Waals surface area contributed by atoms with Crippen molar-refractivity contribution >= 4 is 23.2 Å². The zero-order chi connectivity index (χ0) is 15.1. The van der Waals surface area contributed by atoms with E-state index in [9.17, 15) is 4.79 Å². The van der Waals surface area contributed by atoms with E-state index in [1.165, 1.54) is 0 Å². The fourth-order valence-corrected chi connectivity index (χ4v) is 1.94. The SMILES string of the molecule is COc1ccc(Cl)cc1NC(=O)CN(C)CCC(C)C. The molecule has 1 aromatic rings. The number of nitrogens with zero attached hydrogens (tertiary/aromatic N) is 1. The minimum atomic E-state index is -0.0724. The number of ether oxygens (including phenoxy) is 1. The Balaban J connectivity index is 2.55. The lowest BCUT2D eigenvalue weighted by atomic mass is 10.1. The van der Waals surface area contributed by atoms with E-state index in [4.69, 9.17) is 16.3 Å². The van der Waals surface area contributed by atoms with E-state index >= 15 is 0 Å². The van der Waals surface area contributed by atoms with E-state index in [2.05, 4.69) is 19.2 Å². The Kier molecular flexibility index (Phi) is 6.82. The van der Waals surface area contributed by atoms with Crippen LogP contribution in [0, 0.1) is 5.92 Å². The molecule has 1 N–H and O–H groups in total. The van der Waals surface area contributed by atoms with Gasteiger partial charge in [-0.3, -0.25) is 9.69 Å². The van der Waals surface area contributed by atoms with Gasteiger partial charge in [0, 0.05) is 5.02 Å². The van der Waals surface area contributed by atoms with Crippen LogP contribution in [-0.4, -0.2) is 38.1 Å². The van der Waals surface area contributed by atoms with Crippen LogP contribution in [0.5, 0.6) is 5.75 Å². The Hall–Kier alpha value is -1.26. The molecule has 0 aliphatic rings. The standard InChI is InChI=1S/C15H23ClN2O2/c1-11(2)7-8-18(3)10-15(19)17-13-9-12(16)5-6-14(13)20-4/h5-6,9,11H,7-8,10H2,1-4H3,(H,17,19). The summed E-state index contributed by atoms with van der Waals surface area (Å²) in [4.78, 5) is 14.0. The molecule has 1 aromatic carbocycles. The van der Waals surface area contributed by atoms with Gasteiger partial charge in [0.15, 0.2) is 0 Å². The number of halogens is 1. The lowest BCUT2D eigenvalue weighted by molar-refractivity contribution is -0.117. The predicted octanol–water partition coefficient (Wildman–Crippen LogP) is 3.27. The topological polar surface area (TPSA) is 41.6 Å². The minimum absolute atomic E-state index is 0.0724. The first-order valence-corrected chi connectivity index (χ1v) is 7.12. The molecule has 0 aliphatic carbocycles. The van der Waals surface area contributed by atoms with E-state index in [1.807, 2.05) is 11.9 Å². The summed E-state index contributed by atoms with van der Waals surface area (Å²) in [6, 6.07) is 5.15.